The van der Waals surface area contributed by atoms with E-state index in [-0.39, 0.29) is 11.5 Å². The summed E-state index contributed by atoms with van der Waals surface area (Å²) in [7, 11) is 3.49. The van der Waals surface area contributed by atoms with Crippen molar-refractivity contribution in [2.75, 3.05) is 19.5 Å². The van der Waals surface area contributed by atoms with Crippen LogP contribution in [0.1, 0.15) is 5.56 Å². The molecule has 0 aliphatic rings. The summed E-state index contributed by atoms with van der Waals surface area (Å²) < 4.78 is 0. The van der Waals surface area contributed by atoms with Crippen LogP contribution in [0.5, 0.6) is 0 Å². The molecule has 0 atom stereocenters. The molecule has 6 heteroatoms. The molecule has 0 fully saturated rings. The van der Waals surface area contributed by atoms with Crippen molar-refractivity contribution in [2.45, 2.75) is 6.92 Å². The molecular weight excluding hydrogens is 184 g/mol. The van der Waals surface area contributed by atoms with E-state index >= 15 is 0 Å². The highest BCUT2D eigenvalue weighted by Crippen LogP contribution is 2.25. The van der Waals surface area contributed by atoms with Crippen LogP contribution in [0.2, 0.25) is 0 Å². The van der Waals surface area contributed by atoms with E-state index < -0.39 is 4.92 Å². The minimum Gasteiger partial charge on any atom is -0.298 e. The Bertz CT molecular complexity index is 351. The van der Waals surface area contributed by atoms with Crippen molar-refractivity contribution in [2.24, 2.45) is 0 Å². The number of aromatic nitrogens is 1. The number of nitro groups is 1. The fourth-order valence-electron chi connectivity index (χ4n) is 1.07. The van der Waals surface area contributed by atoms with Crippen LogP contribution in [0, 0.1) is 17.0 Å². The Morgan fingerprint density at radius 2 is 2.21 bits per heavy atom. The van der Waals surface area contributed by atoms with Gasteiger partial charge in [0.25, 0.3) is 0 Å². The van der Waals surface area contributed by atoms with Gasteiger partial charge in [-0.15, -0.1) is 0 Å². The largest absolute Gasteiger partial charge is 0.315 e. The van der Waals surface area contributed by atoms with Crippen molar-refractivity contribution in [1.29, 1.82) is 0 Å². The number of nitrogens with zero attached hydrogens (tertiary/aromatic N) is 3. The van der Waals surface area contributed by atoms with Crippen molar-refractivity contribution in [1.82, 2.24) is 9.99 Å². The Balaban J connectivity index is 3.14. The van der Waals surface area contributed by atoms with Crippen LogP contribution in [0.4, 0.5) is 11.5 Å². The molecule has 14 heavy (non-hydrogen) atoms. The maximum absolute atomic E-state index is 10.7. The Kier molecular flexibility index (Phi) is 2.98. The van der Waals surface area contributed by atoms with E-state index in [1.54, 1.807) is 32.1 Å². The SMILES string of the molecule is Cc1ccnc(NN(C)C)c1[N+](=O)[O-]. The van der Waals surface area contributed by atoms with E-state index in [0.29, 0.717) is 5.56 Å². The molecule has 1 heterocycles. The van der Waals surface area contributed by atoms with Crippen molar-refractivity contribution in [3.05, 3.63) is 27.9 Å². The lowest BCUT2D eigenvalue weighted by molar-refractivity contribution is -0.384. The van der Waals surface area contributed by atoms with Gasteiger partial charge in [0.2, 0.25) is 5.82 Å². The molecule has 1 N–H and O–H groups in total. The average Bonchev–Trinajstić information content (AvgIpc) is 2.01. The summed E-state index contributed by atoms with van der Waals surface area (Å²) in [5.41, 5.74) is 3.38. The minimum absolute atomic E-state index is 0.0150. The molecule has 0 bridgehead atoms. The average molecular weight is 196 g/mol. The van der Waals surface area contributed by atoms with Crippen molar-refractivity contribution < 1.29 is 4.92 Å². The predicted molar refractivity (Wildman–Crippen MR) is 52.9 cm³/mol. The second kappa shape index (κ2) is 4.01. The summed E-state index contributed by atoms with van der Waals surface area (Å²) in [6.45, 7) is 1.68. The second-order valence-electron chi connectivity index (χ2n) is 3.09. The summed E-state index contributed by atoms with van der Waals surface area (Å²) in [5.74, 6) is 0.264. The molecule has 76 valence electrons. The number of hydrazine groups is 1. The zero-order chi connectivity index (χ0) is 10.7. The molecule has 1 aromatic heterocycles. The normalized spacial score (nSPS) is 10.3. The van der Waals surface area contributed by atoms with Crippen LogP contribution < -0.4 is 5.43 Å². The molecule has 0 aliphatic carbocycles. The van der Waals surface area contributed by atoms with Crippen LogP contribution >= 0.6 is 0 Å². The van der Waals surface area contributed by atoms with E-state index in [2.05, 4.69) is 10.4 Å². The van der Waals surface area contributed by atoms with Gasteiger partial charge in [0, 0.05) is 25.9 Å². The zero-order valence-electron chi connectivity index (χ0n) is 8.31. The van der Waals surface area contributed by atoms with E-state index in [9.17, 15) is 10.1 Å². The molecule has 0 aromatic carbocycles. The molecule has 6 nitrogen and oxygen atoms in total. The smallest absolute Gasteiger partial charge is 0.298 e. The number of aryl methyl sites for hydroxylation is 1. The number of hydrogen-bond acceptors (Lipinski definition) is 5. The lowest BCUT2D eigenvalue weighted by atomic mass is 10.2. The fourth-order valence-corrected chi connectivity index (χ4v) is 1.07. The summed E-state index contributed by atoms with van der Waals surface area (Å²) in [6, 6.07) is 1.61. The summed E-state index contributed by atoms with van der Waals surface area (Å²) in [4.78, 5) is 14.2. The first kappa shape index (κ1) is 10.4. The van der Waals surface area contributed by atoms with Gasteiger partial charge < -0.3 is 0 Å². The van der Waals surface area contributed by atoms with Gasteiger partial charge in [-0.05, 0) is 13.0 Å². The van der Waals surface area contributed by atoms with Gasteiger partial charge in [-0.3, -0.25) is 15.5 Å². The molecule has 0 spiro atoms. The molecule has 0 unspecified atom stereocenters. The number of anilines is 1. The first-order valence-corrected chi connectivity index (χ1v) is 4.06. The Morgan fingerprint density at radius 1 is 1.57 bits per heavy atom. The van der Waals surface area contributed by atoms with E-state index in [1.165, 1.54) is 6.20 Å². The highest BCUT2D eigenvalue weighted by molar-refractivity contribution is 5.59. The summed E-state index contributed by atoms with van der Waals surface area (Å²) >= 11 is 0. The third kappa shape index (κ3) is 2.17. The molecule has 0 aliphatic heterocycles. The second-order valence-corrected chi connectivity index (χ2v) is 3.09. The molecule has 1 rings (SSSR count). The van der Waals surface area contributed by atoms with E-state index in [0.717, 1.165) is 0 Å². The monoisotopic (exact) mass is 196 g/mol. The van der Waals surface area contributed by atoms with Crippen molar-refractivity contribution >= 4 is 11.5 Å². The van der Waals surface area contributed by atoms with Gasteiger partial charge in [0.15, 0.2) is 0 Å². The van der Waals surface area contributed by atoms with Crippen LogP contribution in [-0.2, 0) is 0 Å². The quantitative estimate of drug-likeness (QED) is 0.580. The van der Waals surface area contributed by atoms with Crippen LogP contribution in [-0.4, -0.2) is 29.0 Å². The summed E-state index contributed by atoms with van der Waals surface area (Å²) in [6.07, 6.45) is 1.54. The van der Waals surface area contributed by atoms with Crippen molar-refractivity contribution in [3.63, 3.8) is 0 Å². The Hall–Kier alpha value is -1.69. The maximum Gasteiger partial charge on any atom is 0.315 e. The molecular formula is C8H12N4O2. The lowest BCUT2D eigenvalue weighted by Crippen LogP contribution is -2.21. The Morgan fingerprint density at radius 3 is 2.71 bits per heavy atom. The molecule has 0 saturated carbocycles. The molecule has 1 aromatic rings. The summed E-state index contributed by atoms with van der Waals surface area (Å²) in [5, 5.41) is 12.3. The van der Waals surface area contributed by atoms with Gasteiger partial charge >= 0.3 is 5.69 Å². The first-order chi connectivity index (χ1) is 6.52. The van der Waals surface area contributed by atoms with Crippen LogP contribution in [0.15, 0.2) is 12.3 Å². The van der Waals surface area contributed by atoms with Gasteiger partial charge in [0.1, 0.15) is 0 Å². The van der Waals surface area contributed by atoms with Gasteiger partial charge in [0.05, 0.1) is 4.92 Å². The van der Waals surface area contributed by atoms with Crippen molar-refractivity contribution in [3.8, 4) is 0 Å². The first-order valence-electron chi connectivity index (χ1n) is 4.06. The van der Waals surface area contributed by atoms with Gasteiger partial charge in [-0.25, -0.2) is 9.99 Å². The van der Waals surface area contributed by atoms with E-state index in [4.69, 9.17) is 0 Å². The topological polar surface area (TPSA) is 71.3 Å². The lowest BCUT2D eigenvalue weighted by Gasteiger charge is -2.12. The highest BCUT2D eigenvalue weighted by Gasteiger charge is 2.18. The number of pyridine rings is 1. The number of rotatable bonds is 3. The maximum atomic E-state index is 10.7. The minimum atomic E-state index is -0.436. The highest BCUT2D eigenvalue weighted by atomic mass is 16.6. The number of nitrogens with one attached hydrogen (secondary N) is 1. The number of hydrogen-bond donors (Lipinski definition) is 1. The Labute approximate surface area is 81.7 Å². The fraction of sp³-hybridized carbons (Fsp3) is 0.375. The third-order valence-electron chi connectivity index (χ3n) is 1.64. The predicted octanol–water partition coefficient (Wildman–Crippen LogP) is 1.19. The third-order valence-corrected chi connectivity index (χ3v) is 1.64. The van der Waals surface area contributed by atoms with Crippen LogP contribution in [0.3, 0.4) is 0 Å². The van der Waals surface area contributed by atoms with Gasteiger partial charge in [-0.2, -0.15) is 0 Å². The molecule has 0 saturated heterocycles. The molecule has 0 amide bonds. The standard InChI is InChI=1S/C8H12N4O2/c1-6-4-5-9-8(10-11(2)3)7(6)12(13)14/h4-5H,1-3H3,(H,9,10). The molecule has 0 radical (unpaired) electrons. The zero-order valence-corrected chi connectivity index (χ0v) is 8.31. The van der Waals surface area contributed by atoms with E-state index in [1.807, 2.05) is 0 Å². The van der Waals surface area contributed by atoms with Crippen LogP contribution in [0.25, 0.3) is 0 Å². The van der Waals surface area contributed by atoms with Gasteiger partial charge in [-0.1, -0.05) is 0 Å².